The van der Waals surface area contributed by atoms with Gasteiger partial charge in [0.1, 0.15) is 11.6 Å². The fourth-order valence-corrected chi connectivity index (χ4v) is 2.12. The number of halogens is 2. The molecule has 18 heavy (non-hydrogen) atoms. The van der Waals surface area contributed by atoms with Crippen LogP contribution < -0.4 is 0 Å². The van der Waals surface area contributed by atoms with Gasteiger partial charge in [-0.3, -0.25) is 4.79 Å². The highest BCUT2D eigenvalue weighted by Gasteiger charge is 2.34. The summed E-state index contributed by atoms with van der Waals surface area (Å²) in [4.78, 5) is 13.3. The molecular formula is C13H15F2NO2. The lowest BCUT2D eigenvalue weighted by Gasteiger charge is -2.19. The molecule has 98 valence electrons. The van der Waals surface area contributed by atoms with Gasteiger partial charge >= 0.3 is 0 Å². The highest BCUT2D eigenvalue weighted by molar-refractivity contribution is 5.79. The molecule has 0 saturated carbocycles. The number of carbonyl (C=O) groups is 1. The van der Waals surface area contributed by atoms with Crippen molar-refractivity contribution in [2.75, 3.05) is 13.1 Å². The minimum absolute atomic E-state index is 0.210. The summed E-state index contributed by atoms with van der Waals surface area (Å²) < 4.78 is 26.8. The first-order chi connectivity index (χ1) is 8.39. The first kappa shape index (κ1) is 13.0. The van der Waals surface area contributed by atoms with E-state index < -0.39 is 17.2 Å². The Morgan fingerprint density at radius 2 is 2.06 bits per heavy atom. The number of nitrogens with zero attached hydrogens (tertiary/aromatic N) is 1. The summed E-state index contributed by atoms with van der Waals surface area (Å²) in [5, 5.41) is 9.75. The Hall–Kier alpha value is -1.49. The molecule has 0 bridgehead atoms. The van der Waals surface area contributed by atoms with Crippen molar-refractivity contribution in [2.24, 2.45) is 0 Å². The highest BCUT2D eigenvalue weighted by Crippen LogP contribution is 2.22. The molecule has 1 N–H and O–H groups in total. The molecule has 1 heterocycles. The summed E-state index contributed by atoms with van der Waals surface area (Å²) in [6.45, 7) is 2.27. The van der Waals surface area contributed by atoms with E-state index in [1.54, 1.807) is 6.92 Å². The number of benzene rings is 1. The molecule has 1 amide bonds. The van der Waals surface area contributed by atoms with E-state index in [0.717, 1.165) is 12.1 Å². The molecule has 0 aliphatic carbocycles. The SMILES string of the molecule is CC1(O)CCN(C(=O)Cc2c(F)cccc2F)C1. The summed E-state index contributed by atoms with van der Waals surface area (Å²) in [7, 11) is 0. The van der Waals surface area contributed by atoms with Gasteiger partial charge in [-0.05, 0) is 25.5 Å². The maximum atomic E-state index is 13.4. The number of aliphatic hydroxyl groups is 1. The third-order valence-electron chi connectivity index (χ3n) is 3.19. The molecule has 2 rings (SSSR count). The van der Waals surface area contributed by atoms with Crippen LogP contribution in [0.25, 0.3) is 0 Å². The van der Waals surface area contributed by atoms with Crippen LogP contribution in [0.4, 0.5) is 8.78 Å². The lowest BCUT2D eigenvalue weighted by Crippen LogP contribution is -2.35. The fourth-order valence-electron chi connectivity index (χ4n) is 2.12. The molecule has 5 heteroatoms. The van der Waals surface area contributed by atoms with Crippen molar-refractivity contribution in [1.29, 1.82) is 0 Å². The summed E-state index contributed by atoms with van der Waals surface area (Å²) in [5.74, 6) is -1.79. The monoisotopic (exact) mass is 255 g/mol. The van der Waals surface area contributed by atoms with Crippen LogP contribution in [0.15, 0.2) is 18.2 Å². The molecule has 1 aliphatic rings. The van der Waals surface area contributed by atoms with Crippen LogP contribution >= 0.6 is 0 Å². The second kappa shape index (κ2) is 4.65. The predicted octanol–water partition coefficient (Wildman–Crippen LogP) is 1.49. The van der Waals surface area contributed by atoms with Gasteiger partial charge in [-0.25, -0.2) is 8.78 Å². The van der Waals surface area contributed by atoms with Crippen molar-refractivity contribution in [2.45, 2.75) is 25.4 Å². The van der Waals surface area contributed by atoms with Crippen molar-refractivity contribution in [3.05, 3.63) is 35.4 Å². The van der Waals surface area contributed by atoms with Gasteiger partial charge in [-0.15, -0.1) is 0 Å². The van der Waals surface area contributed by atoms with Crippen LogP contribution in [-0.2, 0) is 11.2 Å². The standard InChI is InChI=1S/C13H15F2NO2/c1-13(18)5-6-16(8-13)12(17)7-9-10(14)3-2-4-11(9)15/h2-4,18H,5-8H2,1H3. The maximum Gasteiger partial charge on any atom is 0.227 e. The van der Waals surface area contributed by atoms with Crippen LogP contribution in [0.2, 0.25) is 0 Å². The molecule has 1 aliphatic heterocycles. The Bertz CT molecular complexity index is 454. The first-order valence-electron chi connectivity index (χ1n) is 5.82. The van der Waals surface area contributed by atoms with Crippen LogP contribution in [-0.4, -0.2) is 34.6 Å². The number of hydrogen-bond donors (Lipinski definition) is 1. The summed E-state index contributed by atoms with van der Waals surface area (Å²) >= 11 is 0. The minimum Gasteiger partial charge on any atom is -0.388 e. The molecule has 0 radical (unpaired) electrons. The van der Waals surface area contributed by atoms with Gasteiger partial charge in [0.25, 0.3) is 0 Å². The summed E-state index contributed by atoms with van der Waals surface area (Å²) in [5.41, 5.74) is -1.11. The van der Waals surface area contributed by atoms with E-state index in [1.807, 2.05) is 0 Å². The topological polar surface area (TPSA) is 40.5 Å². The number of rotatable bonds is 2. The third kappa shape index (κ3) is 2.67. The van der Waals surface area contributed by atoms with Crippen molar-refractivity contribution in [3.63, 3.8) is 0 Å². The highest BCUT2D eigenvalue weighted by atomic mass is 19.1. The van der Waals surface area contributed by atoms with E-state index in [0.29, 0.717) is 13.0 Å². The Morgan fingerprint density at radius 3 is 2.56 bits per heavy atom. The van der Waals surface area contributed by atoms with Gasteiger partial charge in [-0.2, -0.15) is 0 Å². The van der Waals surface area contributed by atoms with Crippen molar-refractivity contribution in [1.82, 2.24) is 4.90 Å². The fraction of sp³-hybridized carbons (Fsp3) is 0.462. The molecule has 0 aromatic heterocycles. The molecule has 1 aromatic carbocycles. The van der Waals surface area contributed by atoms with E-state index in [2.05, 4.69) is 0 Å². The van der Waals surface area contributed by atoms with Crippen LogP contribution in [0.5, 0.6) is 0 Å². The average molecular weight is 255 g/mol. The predicted molar refractivity (Wildman–Crippen MR) is 61.9 cm³/mol. The third-order valence-corrected chi connectivity index (χ3v) is 3.19. The van der Waals surface area contributed by atoms with Gasteiger partial charge in [-0.1, -0.05) is 6.07 Å². The molecule has 1 aromatic rings. The minimum atomic E-state index is -0.899. The van der Waals surface area contributed by atoms with E-state index in [1.165, 1.54) is 11.0 Å². The number of likely N-dealkylation sites (tertiary alicyclic amines) is 1. The maximum absolute atomic E-state index is 13.4. The molecule has 1 atom stereocenters. The van der Waals surface area contributed by atoms with Crippen LogP contribution in [0.3, 0.4) is 0 Å². The second-order valence-corrected chi connectivity index (χ2v) is 4.94. The van der Waals surface area contributed by atoms with Crippen LogP contribution in [0, 0.1) is 11.6 Å². The second-order valence-electron chi connectivity index (χ2n) is 4.94. The summed E-state index contributed by atoms with van der Waals surface area (Å²) in [6, 6.07) is 3.52. The Kier molecular flexibility index (Phi) is 3.34. The smallest absolute Gasteiger partial charge is 0.227 e. The Morgan fingerprint density at radius 1 is 1.44 bits per heavy atom. The summed E-state index contributed by atoms with van der Waals surface area (Å²) in [6.07, 6.45) is 0.174. The number of β-amino-alcohol motifs (C(OH)–C–C–N with tert-alkyl or cyclic N) is 1. The zero-order chi connectivity index (χ0) is 13.3. The lowest BCUT2D eigenvalue weighted by molar-refractivity contribution is -0.130. The van der Waals surface area contributed by atoms with E-state index in [-0.39, 0.29) is 24.4 Å². The van der Waals surface area contributed by atoms with E-state index in [4.69, 9.17) is 0 Å². The largest absolute Gasteiger partial charge is 0.388 e. The van der Waals surface area contributed by atoms with Gasteiger partial charge in [0, 0.05) is 18.7 Å². The molecule has 3 nitrogen and oxygen atoms in total. The van der Waals surface area contributed by atoms with Gasteiger partial charge in [0.05, 0.1) is 12.0 Å². The van der Waals surface area contributed by atoms with E-state index in [9.17, 15) is 18.7 Å². The zero-order valence-corrected chi connectivity index (χ0v) is 10.1. The lowest BCUT2D eigenvalue weighted by atomic mass is 10.1. The van der Waals surface area contributed by atoms with Gasteiger partial charge in [0.15, 0.2) is 0 Å². The average Bonchev–Trinajstić information content (AvgIpc) is 2.64. The molecule has 1 fully saturated rings. The normalized spacial score (nSPS) is 23.4. The van der Waals surface area contributed by atoms with E-state index >= 15 is 0 Å². The Labute approximate surface area is 104 Å². The van der Waals surface area contributed by atoms with Crippen molar-refractivity contribution >= 4 is 5.91 Å². The molecule has 1 unspecified atom stereocenters. The zero-order valence-electron chi connectivity index (χ0n) is 10.1. The van der Waals surface area contributed by atoms with Gasteiger partial charge in [0.2, 0.25) is 5.91 Å². The first-order valence-corrected chi connectivity index (χ1v) is 5.82. The Balaban J connectivity index is 2.08. The van der Waals surface area contributed by atoms with Crippen LogP contribution in [0.1, 0.15) is 18.9 Å². The quantitative estimate of drug-likeness (QED) is 0.869. The number of hydrogen-bond acceptors (Lipinski definition) is 2. The molecule has 0 spiro atoms. The number of carbonyl (C=O) groups excluding carboxylic acids is 1. The molecular weight excluding hydrogens is 240 g/mol. The molecule has 1 saturated heterocycles. The number of amides is 1. The van der Waals surface area contributed by atoms with Crippen molar-refractivity contribution < 1.29 is 18.7 Å². The van der Waals surface area contributed by atoms with Gasteiger partial charge < -0.3 is 10.0 Å². The van der Waals surface area contributed by atoms with Crippen molar-refractivity contribution in [3.8, 4) is 0 Å².